The maximum Gasteiger partial charge on any atom is 0.0780 e. The molecule has 0 radical (unpaired) electrons. The third kappa shape index (κ3) is 2.28. The molecule has 1 aromatic heterocycles. The molecule has 1 aliphatic heterocycles. The molecular weight excluding hydrogens is 228 g/mol. The van der Waals surface area contributed by atoms with E-state index in [1.807, 2.05) is 18.5 Å². The van der Waals surface area contributed by atoms with Crippen LogP contribution < -0.4 is 0 Å². The van der Waals surface area contributed by atoms with Gasteiger partial charge in [0, 0.05) is 44.0 Å². The fourth-order valence-electron chi connectivity index (χ4n) is 3.25. The van der Waals surface area contributed by atoms with Crippen LogP contribution in [0, 0.1) is 5.92 Å². The van der Waals surface area contributed by atoms with Gasteiger partial charge in [0.2, 0.25) is 0 Å². The van der Waals surface area contributed by atoms with E-state index in [1.165, 1.54) is 5.56 Å². The molecule has 0 bridgehead atoms. The van der Waals surface area contributed by atoms with Gasteiger partial charge in [0.05, 0.1) is 12.7 Å². The van der Waals surface area contributed by atoms with Crippen molar-refractivity contribution in [2.24, 2.45) is 5.92 Å². The second-order valence-electron chi connectivity index (χ2n) is 5.25. The van der Waals surface area contributed by atoms with Gasteiger partial charge in [-0.25, -0.2) is 0 Å². The zero-order chi connectivity index (χ0) is 12.4. The van der Waals surface area contributed by atoms with E-state index in [4.69, 9.17) is 4.74 Å². The third-order valence-corrected chi connectivity index (χ3v) is 4.18. The van der Waals surface area contributed by atoms with E-state index in [9.17, 15) is 5.11 Å². The van der Waals surface area contributed by atoms with Crippen LogP contribution in [0.2, 0.25) is 0 Å². The zero-order valence-electron chi connectivity index (χ0n) is 10.5. The van der Waals surface area contributed by atoms with Crippen LogP contribution in [0.5, 0.6) is 0 Å². The Morgan fingerprint density at radius 3 is 3.17 bits per heavy atom. The summed E-state index contributed by atoms with van der Waals surface area (Å²) < 4.78 is 5.86. The maximum absolute atomic E-state index is 9.37. The molecule has 2 aliphatic rings. The fraction of sp³-hybridized carbons (Fsp3) is 0.643. The van der Waals surface area contributed by atoms with E-state index in [1.54, 1.807) is 0 Å². The summed E-state index contributed by atoms with van der Waals surface area (Å²) >= 11 is 0. The summed E-state index contributed by atoms with van der Waals surface area (Å²) in [7, 11) is 0. The Bertz CT molecular complexity index is 385. The Kier molecular flexibility index (Phi) is 3.59. The average Bonchev–Trinajstić information content (AvgIpc) is 2.84. The first-order valence-electron chi connectivity index (χ1n) is 6.74. The van der Waals surface area contributed by atoms with Crippen molar-refractivity contribution in [1.29, 1.82) is 0 Å². The Balaban J connectivity index is 1.69. The summed E-state index contributed by atoms with van der Waals surface area (Å²) in [6.07, 6.45) is 6.18. The van der Waals surface area contributed by atoms with Gasteiger partial charge in [0.15, 0.2) is 0 Å². The molecule has 3 atom stereocenters. The molecule has 1 saturated carbocycles. The number of aromatic nitrogens is 1. The Morgan fingerprint density at radius 1 is 1.44 bits per heavy atom. The first kappa shape index (κ1) is 12.1. The molecule has 4 nitrogen and oxygen atoms in total. The molecule has 0 aromatic carbocycles. The number of morpholine rings is 1. The monoisotopic (exact) mass is 248 g/mol. The molecule has 1 aromatic rings. The number of aliphatic hydroxyl groups is 1. The number of hydrogen-bond acceptors (Lipinski definition) is 4. The van der Waals surface area contributed by atoms with Crippen LogP contribution in [0.1, 0.15) is 18.4 Å². The molecule has 1 saturated heterocycles. The lowest BCUT2D eigenvalue weighted by Gasteiger charge is -2.39. The molecule has 1 N–H and O–H groups in total. The second-order valence-corrected chi connectivity index (χ2v) is 5.25. The average molecular weight is 248 g/mol. The highest BCUT2D eigenvalue weighted by molar-refractivity contribution is 5.09. The lowest BCUT2D eigenvalue weighted by molar-refractivity contribution is -0.0830. The van der Waals surface area contributed by atoms with Gasteiger partial charge in [-0.1, -0.05) is 6.07 Å². The molecule has 0 spiro atoms. The number of ether oxygens (including phenoxy) is 1. The van der Waals surface area contributed by atoms with E-state index < -0.39 is 0 Å². The summed E-state index contributed by atoms with van der Waals surface area (Å²) in [5.41, 5.74) is 1.26. The summed E-state index contributed by atoms with van der Waals surface area (Å²) in [5.74, 6) is 0.326. The first-order chi connectivity index (χ1) is 8.88. The van der Waals surface area contributed by atoms with Gasteiger partial charge in [-0.05, 0) is 24.5 Å². The van der Waals surface area contributed by atoms with Crippen molar-refractivity contribution in [2.45, 2.75) is 31.5 Å². The minimum absolute atomic E-state index is 0.223. The SMILES string of the molecule is OCC1CCC2C1OCCN2Cc1cccnc1. The normalized spacial score (nSPS) is 32.4. The molecule has 3 unspecified atom stereocenters. The highest BCUT2D eigenvalue weighted by Crippen LogP contribution is 2.34. The lowest BCUT2D eigenvalue weighted by Crippen LogP contribution is -2.50. The number of pyridine rings is 1. The van der Waals surface area contributed by atoms with Gasteiger partial charge in [0.1, 0.15) is 0 Å². The Morgan fingerprint density at radius 2 is 2.39 bits per heavy atom. The van der Waals surface area contributed by atoms with E-state index in [-0.39, 0.29) is 12.7 Å². The summed E-state index contributed by atoms with van der Waals surface area (Å²) in [4.78, 5) is 6.66. The Hall–Kier alpha value is -0.970. The van der Waals surface area contributed by atoms with Crippen molar-refractivity contribution in [3.8, 4) is 0 Å². The number of aliphatic hydroxyl groups excluding tert-OH is 1. The van der Waals surface area contributed by atoms with Crippen LogP contribution in [0.4, 0.5) is 0 Å². The number of fused-ring (bicyclic) bond motifs is 1. The molecule has 98 valence electrons. The predicted octanol–water partition coefficient (Wildman–Crippen LogP) is 1.05. The van der Waals surface area contributed by atoms with Crippen molar-refractivity contribution in [2.75, 3.05) is 19.8 Å². The summed E-state index contributed by atoms with van der Waals surface area (Å²) in [6, 6.07) is 4.57. The van der Waals surface area contributed by atoms with Crippen LogP contribution in [0.3, 0.4) is 0 Å². The van der Waals surface area contributed by atoms with E-state index >= 15 is 0 Å². The van der Waals surface area contributed by atoms with Crippen LogP contribution >= 0.6 is 0 Å². The minimum atomic E-state index is 0.223. The van der Waals surface area contributed by atoms with Crippen molar-refractivity contribution in [3.63, 3.8) is 0 Å². The standard InChI is InChI=1S/C14H20N2O2/c17-10-12-3-4-13-14(12)18-7-6-16(13)9-11-2-1-5-15-8-11/h1-2,5,8,12-14,17H,3-4,6-7,9-10H2. The van der Waals surface area contributed by atoms with Crippen LogP contribution in [-0.4, -0.2) is 46.9 Å². The van der Waals surface area contributed by atoms with Gasteiger partial charge in [-0.15, -0.1) is 0 Å². The summed E-state index contributed by atoms with van der Waals surface area (Å²) in [5, 5.41) is 9.37. The highest BCUT2D eigenvalue weighted by Gasteiger charge is 2.42. The number of rotatable bonds is 3. The smallest absolute Gasteiger partial charge is 0.0780 e. The molecule has 18 heavy (non-hydrogen) atoms. The first-order valence-corrected chi connectivity index (χ1v) is 6.74. The van der Waals surface area contributed by atoms with E-state index in [0.29, 0.717) is 12.0 Å². The second kappa shape index (κ2) is 5.34. The van der Waals surface area contributed by atoms with Gasteiger partial charge < -0.3 is 9.84 Å². The van der Waals surface area contributed by atoms with Crippen LogP contribution in [0.25, 0.3) is 0 Å². The topological polar surface area (TPSA) is 45.6 Å². The maximum atomic E-state index is 9.37. The molecule has 2 fully saturated rings. The van der Waals surface area contributed by atoms with Gasteiger partial charge >= 0.3 is 0 Å². The van der Waals surface area contributed by atoms with Gasteiger partial charge in [-0.2, -0.15) is 0 Å². The molecule has 4 heteroatoms. The third-order valence-electron chi connectivity index (χ3n) is 4.18. The fourth-order valence-corrected chi connectivity index (χ4v) is 3.25. The summed E-state index contributed by atoms with van der Waals surface area (Å²) in [6.45, 7) is 2.95. The van der Waals surface area contributed by atoms with Crippen molar-refractivity contribution in [1.82, 2.24) is 9.88 Å². The molecular formula is C14H20N2O2. The van der Waals surface area contributed by atoms with Gasteiger partial charge in [0.25, 0.3) is 0 Å². The zero-order valence-corrected chi connectivity index (χ0v) is 10.5. The van der Waals surface area contributed by atoms with E-state index in [2.05, 4.69) is 16.0 Å². The quantitative estimate of drug-likeness (QED) is 0.868. The largest absolute Gasteiger partial charge is 0.396 e. The predicted molar refractivity (Wildman–Crippen MR) is 68.0 cm³/mol. The number of hydrogen-bond donors (Lipinski definition) is 1. The molecule has 0 amide bonds. The number of nitrogens with zero attached hydrogens (tertiary/aromatic N) is 2. The minimum Gasteiger partial charge on any atom is -0.396 e. The molecule has 1 aliphatic carbocycles. The molecule has 2 heterocycles. The van der Waals surface area contributed by atoms with Crippen LogP contribution in [0.15, 0.2) is 24.5 Å². The molecule has 3 rings (SSSR count). The Labute approximate surface area is 108 Å². The van der Waals surface area contributed by atoms with Crippen LogP contribution in [-0.2, 0) is 11.3 Å². The lowest BCUT2D eigenvalue weighted by atomic mass is 10.0. The van der Waals surface area contributed by atoms with E-state index in [0.717, 1.165) is 32.5 Å². The van der Waals surface area contributed by atoms with Crippen molar-refractivity contribution in [3.05, 3.63) is 30.1 Å². The van der Waals surface area contributed by atoms with Gasteiger partial charge in [-0.3, -0.25) is 9.88 Å². The highest BCUT2D eigenvalue weighted by atomic mass is 16.5. The van der Waals surface area contributed by atoms with Crippen molar-refractivity contribution < 1.29 is 9.84 Å². The van der Waals surface area contributed by atoms with Crippen molar-refractivity contribution >= 4 is 0 Å².